The van der Waals surface area contributed by atoms with E-state index in [-0.39, 0.29) is 23.8 Å². The average molecular weight is 448 g/mol. The van der Waals surface area contributed by atoms with Crippen LogP contribution in [0.4, 0.5) is 11.4 Å². The van der Waals surface area contributed by atoms with E-state index in [2.05, 4.69) is 11.5 Å². The summed E-state index contributed by atoms with van der Waals surface area (Å²) in [6.07, 6.45) is 3.38. The Morgan fingerprint density at radius 3 is 2.69 bits per heavy atom. The quantitative estimate of drug-likeness (QED) is 0.534. The van der Waals surface area contributed by atoms with Crippen LogP contribution in [0.3, 0.4) is 0 Å². The largest absolute Gasteiger partial charge is 0.306 e. The lowest BCUT2D eigenvalue weighted by Gasteiger charge is -2.37. The number of anilines is 2. The van der Waals surface area contributed by atoms with Gasteiger partial charge in [0.1, 0.15) is 5.54 Å². The van der Waals surface area contributed by atoms with Crippen LogP contribution in [0.15, 0.2) is 61.2 Å². The Bertz CT molecular complexity index is 1200. The second kappa shape index (κ2) is 6.77. The molecule has 0 unspecified atom stereocenters. The van der Waals surface area contributed by atoms with E-state index in [9.17, 15) is 14.4 Å². The predicted octanol–water partition coefficient (Wildman–Crippen LogP) is 3.35. The molecule has 3 saturated heterocycles. The molecule has 3 fully saturated rings. The maximum atomic E-state index is 14.1. The van der Waals surface area contributed by atoms with Gasteiger partial charge < -0.3 is 4.90 Å². The molecule has 0 bridgehead atoms. The van der Waals surface area contributed by atoms with Gasteiger partial charge >= 0.3 is 0 Å². The number of nitrogens with zero attached hydrogens (tertiary/aromatic N) is 3. The zero-order chi connectivity index (χ0) is 22.2. The van der Waals surface area contributed by atoms with Crippen molar-refractivity contribution in [2.24, 2.45) is 11.8 Å². The fraction of sp³-hybridized carbons (Fsp3) is 0.320. The van der Waals surface area contributed by atoms with Crippen LogP contribution in [-0.2, 0) is 19.9 Å². The van der Waals surface area contributed by atoms with E-state index in [1.807, 2.05) is 24.3 Å². The van der Waals surface area contributed by atoms with Gasteiger partial charge in [-0.05, 0) is 43.7 Å². The maximum absolute atomic E-state index is 14.1. The lowest BCUT2D eigenvalue weighted by atomic mass is 9.75. The summed E-state index contributed by atoms with van der Waals surface area (Å²) in [5.74, 6) is -2.00. The molecule has 0 radical (unpaired) electrons. The fourth-order valence-electron chi connectivity index (χ4n) is 6.52. The summed E-state index contributed by atoms with van der Waals surface area (Å²) in [5, 5.41) is 0.455. The number of rotatable bonds is 3. The number of halogens is 1. The molecule has 6 rings (SSSR count). The highest BCUT2D eigenvalue weighted by molar-refractivity contribution is 6.31. The fourth-order valence-corrected chi connectivity index (χ4v) is 6.71. The standard InChI is InChI=1S/C25H22ClN3O3/c1-2-12-27-18-10-4-3-9-17(18)25(24(27)32)21-20(19-11-6-13-28(19)25)22(30)29(23(21)31)16-8-5-7-15(26)14-16/h2-5,7-10,14,19-21H,1,6,11-13H2/t19-,20-,21+,25+/m1/s1. The summed E-state index contributed by atoms with van der Waals surface area (Å²) < 4.78 is 0. The maximum Gasteiger partial charge on any atom is 0.253 e. The molecular formula is C25H22ClN3O3. The highest BCUT2D eigenvalue weighted by Gasteiger charge is 2.75. The van der Waals surface area contributed by atoms with Crippen LogP contribution in [0.2, 0.25) is 5.02 Å². The Balaban J connectivity index is 1.57. The number of imide groups is 1. The first kappa shape index (κ1) is 19.7. The number of hydrogen-bond acceptors (Lipinski definition) is 4. The summed E-state index contributed by atoms with van der Waals surface area (Å²) in [4.78, 5) is 46.9. The monoisotopic (exact) mass is 447 g/mol. The van der Waals surface area contributed by atoms with E-state index in [4.69, 9.17) is 11.6 Å². The zero-order valence-corrected chi connectivity index (χ0v) is 18.2. The first-order valence-electron chi connectivity index (χ1n) is 10.9. The minimum Gasteiger partial charge on any atom is -0.306 e. The van der Waals surface area contributed by atoms with Gasteiger partial charge in [0.25, 0.3) is 5.91 Å². The Kier molecular flexibility index (Phi) is 4.17. The Hall–Kier alpha value is -2.96. The van der Waals surface area contributed by atoms with E-state index in [0.717, 1.165) is 24.1 Å². The minimum atomic E-state index is -1.16. The smallest absolute Gasteiger partial charge is 0.253 e. The molecule has 4 atom stereocenters. The Labute approximate surface area is 191 Å². The number of para-hydroxylation sites is 1. The van der Waals surface area contributed by atoms with Crippen LogP contribution < -0.4 is 9.80 Å². The number of carbonyl (C=O) groups excluding carboxylic acids is 3. The topological polar surface area (TPSA) is 60.9 Å². The van der Waals surface area contributed by atoms with E-state index in [0.29, 0.717) is 23.8 Å². The van der Waals surface area contributed by atoms with Crippen molar-refractivity contribution >= 4 is 40.7 Å². The number of carbonyl (C=O) groups is 3. The van der Waals surface area contributed by atoms with Crippen LogP contribution in [0.5, 0.6) is 0 Å². The molecular weight excluding hydrogens is 426 g/mol. The van der Waals surface area contributed by atoms with Gasteiger partial charge in [-0.1, -0.05) is 41.9 Å². The molecule has 0 aliphatic carbocycles. The second-order valence-electron chi connectivity index (χ2n) is 8.89. The SMILES string of the molecule is C=CCN1C(=O)[C@]2(c3ccccc31)[C@@H]1C(=O)N(c3cccc(Cl)c3)C(=O)[C@@H]1[C@H]1CCCN12. The van der Waals surface area contributed by atoms with Gasteiger partial charge in [0.15, 0.2) is 0 Å². The van der Waals surface area contributed by atoms with Crippen molar-refractivity contribution in [1.82, 2.24) is 4.90 Å². The summed E-state index contributed by atoms with van der Waals surface area (Å²) in [7, 11) is 0. The van der Waals surface area contributed by atoms with Crippen LogP contribution in [0.25, 0.3) is 0 Å². The first-order chi connectivity index (χ1) is 15.5. The van der Waals surface area contributed by atoms with Gasteiger partial charge in [-0.3, -0.25) is 19.3 Å². The molecule has 0 saturated carbocycles. The molecule has 1 spiro atoms. The summed E-state index contributed by atoms with van der Waals surface area (Å²) in [6, 6.07) is 14.3. The van der Waals surface area contributed by atoms with Gasteiger partial charge in [0.2, 0.25) is 11.8 Å². The minimum absolute atomic E-state index is 0.132. The highest BCUT2D eigenvalue weighted by Crippen LogP contribution is 2.61. The molecule has 2 aromatic rings. The predicted molar refractivity (Wildman–Crippen MR) is 121 cm³/mol. The molecule has 32 heavy (non-hydrogen) atoms. The second-order valence-corrected chi connectivity index (χ2v) is 9.32. The van der Waals surface area contributed by atoms with E-state index < -0.39 is 17.4 Å². The number of fused-ring (bicyclic) bond motifs is 7. The van der Waals surface area contributed by atoms with Crippen molar-refractivity contribution in [2.45, 2.75) is 24.4 Å². The van der Waals surface area contributed by atoms with Crippen LogP contribution in [0.1, 0.15) is 18.4 Å². The third kappa shape index (κ3) is 2.21. The third-order valence-corrected chi connectivity index (χ3v) is 7.76. The van der Waals surface area contributed by atoms with Gasteiger partial charge in [0.05, 0.1) is 17.5 Å². The van der Waals surface area contributed by atoms with E-state index in [1.165, 1.54) is 4.90 Å². The molecule has 4 heterocycles. The molecule has 7 heteroatoms. The van der Waals surface area contributed by atoms with Crippen molar-refractivity contribution < 1.29 is 14.4 Å². The average Bonchev–Trinajstić information content (AvgIpc) is 3.48. The van der Waals surface area contributed by atoms with Crippen molar-refractivity contribution in [3.05, 3.63) is 71.8 Å². The molecule has 3 amide bonds. The molecule has 0 N–H and O–H groups in total. The Morgan fingerprint density at radius 1 is 1.09 bits per heavy atom. The van der Waals surface area contributed by atoms with Crippen LogP contribution >= 0.6 is 11.6 Å². The lowest BCUT2D eigenvalue weighted by molar-refractivity contribution is -0.137. The molecule has 4 aliphatic rings. The molecule has 162 valence electrons. The van der Waals surface area contributed by atoms with Crippen LogP contribution in [0, 0.1) is 11.8 Å². The van der Waals surface area contributed by atoms with Gasteiger partial charge in [-0.25, -0.2) is 4.90 Å². The van der Waals surface area contributed by atoms with Crippen LogP contribution in [-0.4, -0.2) is 41.8 Å². The summed E-state index contributed by atoms with van der Waals surface area (Å²) >= 11 is 6.17. The van der Waals surface area contributed by atoms with Crippen molar-refractivity contribution in [2.75, 3.05) is 22.9 Å². The van der Waals surface area contributed by atoms with Gasteiger partial charge in [0, 0.05) is 28.9 Å². The number of hydrogen-bond donors (Lipinski definition) is 0. The first-order valence-corrected chi connectivity index (χ1v) is 11.3. The van der Waals surface area contributed by atoms with E-state index >= 15 is 0 Å². The molecule has 2 aromatic carbocycles. The highest BCUT2D eigenvalue weighted by atomic mass is 35.5. The number of benzene rings is 2. The van der Waals surface area contributed by atoms with Crippen molar-refractivity contribution in [3.8, 4) is 0 Å². The van der Waals surface area contributed by atoms with E-state index in [1.54, 1.807) is 35.2 Å². The van der Waals surface area contributed by atoms with Crippen molar-refractivity contribution in [1.29, 1.82) is 0 Å². The summed E-state index contributed by atoms with van der Waals surface area (Å²) in [6.45, 7) is 4.86. The van der Waals surface area contributed by atoms with Gasteiger partial charge in [-0.2, -0.15) is 0 Å². The molecule has 4 aliphatic heterocycles. The normalized spacial score (nSPS) is 30.9. The third-order valence-electron chi connectivity index (χ3n) is 7.52. The van der Waals surface area contributed by atoms with Crippen molar-refractivity contribution in [3.63, 3.8) is 0 Å². The van der Waals surface area contributed by atoms with Gasteiger partial charge in [-0.15, -0.1) is 6.58 Å². The zero-order valence-electron chi connectivity index (χ0n) is 17.4. The molecule has 0 aromatic heterocycles. The Morgan fingerprint density at radius 2 is 1.91 bits per heavy atom. The summed E-state index contributed by atoms with van der Waals surface area (Å²) in [5.41, 5.74) is 0.916. The molecule has 6 nitrogen and oxygen atoms in total. The number of amides is 3. The lowest BCUT2D eigenvalue weighted by Crippen LogP contribution is -2.56.